The van der Waals surface area contributed by atoms with Crippen LogP contribution in [0.2, 0.25) is 0 Å². The summed E-state index contributed by atoms with van der Waals surface area (Å²) in [4.78, 5) is 0. The van der Waals surface area contributed by atoms with Gasteiger partial charge in [0.15, 0.2) is 0 Å². The largest absolute Gasteiger partial charge is 0.381 e. The summed E-state index contributed by atoms with van der Waals surface area (Å²) < 4.78 is 5.45. The summed E-state index contributed by atoms with van der Waals surface area (Å²) in [5.41, 5.74) is 0. The molecule has 0 rings (SSSR count). The molecule has 0 bridgehead atoms. The molecule has 0 aliphatic carbocycles. The van der Waals surface area contributed by atoms with Gasteiger partial charge in [0, 0.05) is 13.2 Å². The second kappa shape index (κ2) is 13.0. The van der Waals surface area contributed by atoms with Crippen molar-refractivity contribution in [1.29, 1.82) is 0 Å². The summed E-state index contributed by atoms with van der Waals surface area (Å²) in [6.45, 7) is 8.71. The number of unbranched alkanes of at least 4 members (excludes halogenated alkanes) is 6. The molecule has 0 aromatic heterocycles. The summed E-state index contributed by atoms with van der Waals surface area (Å²) >= 11 is 0. The van der Waals surface area contributed by atoms with Gasteiger partial charge in [0.1, 0.15) is 0 Å². The van der Waals surface area contributed by atoms with Gasteiger partial charge < -0.3 is 4.74 Å². The van der Waals surface area contributed by atoms with Crippen LogP contribution in [0.4, 0.5) is 0 Å². The maximum Gasteiger partial charge on any atom is 0.0466 e. The van der Waals surface area contributed by atoms with E-state index in [1.54, 1.807) is 0 Å². The molecule has 0 radical (unpaired) electrons. The molecule has 0 amide bonds. The Morgan fingerprint density at radius 2 is 1.31 bits per heavy atom. The lowest BCUT2D eigenvalue weighted by Gasteiger charge is -2.04. The Kier molecular flexibility index (Phi) is 13.0. The van der Waals surface area contributed by atoms with Gasteiger partial charge in [0.25, 0.3) is 0 Å². The Morgan fingerprint density at radius 3 is 1.88 bits per heavy atom. The Balaban J connectivity index is 2.88. The average molecular weight is 228 g/mol. The first kappa shape index (κ1) is 16.0. The molecule has 1 nitrogen and oxygen atoms in total. The van der Waals surface area contributed by atoms with Crippen LogP contribution < -0.4 is 0 Å². The van der Waals surface area contributed by atoms with Crippen LogP contribution in [0.25, 0.3) is 0 Å². The first-order valence-electron chi connectivity index (χ1n) is 7.35. The van der Waals surface area contributed by atoms with E-state index in [-0.39, 0.29) is 0 Å². The maximum absolute atomic E-state index is 5.45. The second-order valence-electron chi connectivity index (χ2n) is 5.27. The van der Waals surface area contributed by atoms with Crippen LogP contribution in [-0.2, 0) is 4.74 Å². The fourth-order valence-corrected chi connectivity index (χ4v) is 1.89. The zero-order valence-corrected chi connectivity index (χ0v) is 11.8. The van der Waals surface area contributed by atoms with Gasteiger partial charge >= 0.3 is 0 Å². The van der Waals surface area contributed by atoms with Crippen molar-refractivity contribution in [1.82, 2.24) is 0 Å². The van der Waals surface area contributed by atoms with Gasteiger partial charge in [-0.15, -0.1) is 0 Å². The monoisotopic (exact) mass is 228 g/mol. The molecule has 98 valence electrons. The van der Waals surface area contributed by atoms with Crippen molar-refractivity contribution >= 4 is 0 Å². The molecule has 0 aliphatic heterocycles. The first-order chi connectivity index (χ1) is 7.77. The zero-order valence-electron chi connectivity index (χ0n) is 11.8. The molecular formula is C15H32O. The van der Waals surface area contributed by atoms with E-state index in [9.17, 15) is 0 Å². The highest BCUT2D eigenvalue weighted by molar-refractivity contribution is 4.49. The van der Waals surface area contributed by atoms with E-state index in [4.69, 9.17) is 4.74 Å². The maximum atomic E-state index is 5.45. The van der Waals surface area contributed by atoms with Crippen molar-refractivity contribution in [2.24, 2.45) is 5.92 Å². The highest BCUT2D eigenvalue weighted by Gasteiger charge is 1.95. The fraction of sp³-hybridized carbons (Fsp3) is 1.00. The van der Waals surface area contributed by atoms with Crippen molar-refractivity contribution in [3.8, 4) is 0 Å². The van der Waals surface area contributed by atoms with Crippen molar-refractivity contribution in [3.63, 3.8) is 0 Å². The predicted octanol–water partition coefficient (Wildman–Crippen LogP) is 5.19. The Hall–Kier alpha value is -0.0400. The van der Waals surface area contributed by atoms with E-state index in [1.807, 2.05) is 0 Å². The molecule has 0 atom stereocenters. The van der Waals surface area contributed by atoms with Gasteiger partial charge in [-0.1, -0.05) is 65.7 Å². The molecule has 0 aromatic carbocycles. The highest BCUT2D eigenvalue weighted by Crippen LogP contribution is 2.11. The van der Waals surface area contributed by atoms with Gasteiger partial charge in [0.05, 0.1) is 0 Å². The SMILES string of the molecule is CCCOCCCCCCCCCC(C)C. The third kappa shape index (κ3) is 14.0. The second-order valence-corrected chi connectivity index (χ2v) is 5.27. The lowest BCUT2D eigenvalue weighted by atomic mass is 10.0. The average Bonchev–Trinajstić information content (AvgIpc) is 2.25. The lowest BCUT2D eigenvalue weighted by Crippen LogP contribution is -1.95. The summed E-state index contributed by atoms with van der Waals surface area (Å²) in [6.07, 6.45) is 12.3. The van der Waals surface area contributed by atoms with Crippen LogP contribution in [-0.4, -0.2) is 13.2 Å². The van der Waals surface area contributed by atoms with E-state index >= 15 is 0 Å². The number of rotatable bonds is 12. The minimum absolute atomic E-state index is 0.885. The molecular weight excluding hydrogens is 196 g/mol. The van der Waals surface area contributed by atoms with Crippen molar-refractivity contribution in [3.05, 3.63) is 0 Å². The Morgan fingerprint density at radius 1 is 0.750 bits per heavy atom. The minimum atomic E-state index is 0.885. The predicted molar refractivity (Wildman–Crippen MR) is 72.9 cm³/mol. The molecule has 0 fully saturated rings. The van der Waals surface area contributed by atoms with Gasteiger partial charge in [-0.3, -0.25) is 0 Å². The molecule has 0 saturated carbocycles. The Bertz CT molecular complexity index is 121. The first-order valence-corrected chi connectivity index (χ1v) is 7.35. The molecule has 0 saturated heterocycles. The van der Waals surface area contributed by atoms with Crippen LogP contribution in [0.5, 0.6) is 0 Å². The van der Waals surface area contributed by atoms with Crippen molar-refractivity contribution in [2.75, 3.05) is 13.2 Å². The minimum Gasteiger partial charge on any atom is -0.381 e. The summed E-state index contributed by atoms with van der Waals surface area (Å²) in [5.74, 6) is 0.885. The van der Waals surface area contributed by atoms with E-state index in [1.165, 1.54) is 51.4 Å². The van der Waals surface area contributed by atoms with E-state index < -0.39 is 0 Å². The molecule has 0 unspecified atom stereocenters. The molecule has 0 heterocycles. The quantitative estimate of drug-likeness (QED) is 0.418. The van der Waals surface area contributed by atoms with Crippen LogP contribution in [0, 0.1) is 5.92 Å². The van der Waals surface area contributed by atoms with Crippen molar-refractivity contribution in [2.45, 2.75) is 78.6 Å². The molecule has 1 heteroatoms. The molecule has 16 heavy (non-hydrogen) atoms. The molecule has 0 aliphatic rings. The van der Waals surface area contributed by atoms with Crippen LogP contribution in [0.1, 0.15) is 78.6 Å². The number of ether oxygens (including phenoxy) is 1. The Labute approximate surface area is 103 Å². The van der Waals surface area contributed by atoms with Gasteiger partial charge in [-0.25, -0.2) is 0 Å². The summed E-state index contributed by atoms with van der Waals surface area (Å²) in [6, 6.07) is 0. The smallest absolute Gasteiger partial charge is 0.0466 e. The highest BCUT2D eigenvalue weighted by atomic mass is 16.5. The third-order valence-corrected chi connectivity index (χ3v) is 2.92. The third-order valence-electron chi connectivity index (χ3n) is 2.92. The number of hydrogen-bond donors (Lipinski definition) is 0. The topological polar surface area (TPSA) is 9.23 Å². The standard InChI is InChI=1S/C15H32O/c1-4-13-16-14-11-9-7-5-6-8-10-12-15(2)3/h15H,4-14H2,1-3H3. The normalized spacial score (nSPS) is 11.2. The fourth-order valence-electron chi connectivity index (χ4n) is 1.89. The zero-order chi connectivity index (χ0) is 12.1. The van der Waals surface area contributed by atoms with Gasteiger partial charge in [-0.05, 0) is 18.8 Å². The van der Waals surface area contributed by atoms with Gasteiger partial charge in [-0.2, -0.15) is 0 Å². The van der Waals surface area contributed by atoms with Gasteiger partial charge in [0.2, 0.25) is 0 Å². The lowest BCUT2D eigenvalue weighted by molar-refractivity contribution is 0.130. The summed E-state index contributed by atoms with van der Waals surface area (Å²) in [7, 11) is 0. The molecule has 0 N–H and O–H groups in total. The molecule has 0 spiro atoms. The van der Waals surface area contributed by atoms with Crippen LogP contribution in [0.3, 0.4) is 0 Å². The van der Waals surface area contributed by atoms with Crippen LogP contribution >= 0.6 is 0 Å². The van der Waals surface area contributed by atoms with Crippen LogP contribution in [0.15, 0.2) is 0 Å². The summed E-state index contributed by atoms with van der Waals surface area (Å²) in [5, 5.41) is 0. The van der Waals surface area contributed by atoms with E-state index in [0.29, 0.717) is 0 Å². The number of hydrogen-bond acceptors (Lipinski definition) is 1. The van der Waals surface area contributed by atoms with E-state index in [0.717, 1.165) is 25.6 Å². The van der Waals surface area contributed by atoms with Crippen molar-refractivity contribution < 1.29 is 4.74 Å². The van der Waals surface area contributed by atoms with E-state index in [2.05, 4.69) is 20.8 Å². The molecule has 0 aromatic rings.